The van der Waals surface area contributed by atoms with Gasteiger partial charge in [0, 0.05) is 0 Å². The standard InChI is InChI=1S/C11H21NO3/c1-7(2)9(8-6-14-8)12-10(13)15-11(3,4)5/h7-9H,6H2,1-5H3,(H,12,13)/t8-,9?/m0/s1. The van der Waals surface area contributed by atoms with Crippen molar-refractivity contribution in [3.63, 3.8) is 0 Å². The van der Waals surface area contributed by atoms with E-state index in [1.807, 2.05) is 20.8 Å². The lowest BCUT2D eigenvalue weighted by atomic mass is 10.0. The summed E-state index contributed by atoms with van der Waals surface area (Å²) in [6.45, 7) is 10.4. The summed E-state index contributed by atoms with van der Waals surface area (Å²) in [5.41, 5.74) is -0.448. The van der Waals surface area contributed by atoms with E-state index in [1.54, 1.807) is 0 Å². The highest BCUT2D eigenvalue weighted by Crippen LogP contribution is 2.20. The molecule has 15 heavy (non-hydrogen) atoms. The average Bonchev–Trinajstić information content (AvgIpc) is 2.78. The van der Waals surface area contributed by atoms with E-state index in [2.05, 4.69) is 19.2 Å². The fourth-order valence-corrected chi connectivity index (χ4v) is 1.40. The number of ether oxygens (including phenoxy) is 2. The van der Waals surface area contributed by atoms with Crippen LogP contribution in [0.4, 0.5) is 4.79 Å². The smallest absolute Gasteiger partial charge is 0.407 e. The Bertz CT molecular complexity index is 226. The zero-order valence-corrected chi connectivity index (χ0v) is 10.2. The number of epoxide rings is 1. The van der Waals surface area contributed by atoms with Crippen molar-refractivity contribution in [1.29, 1.82) is 0 Å². The molecular weight excluding hydrogens is 194 g/mol. The summed E-state index contributed by atoms with van der Waals surface area (Å²) >= 11 is 0. The second kappa shape index (κ2) is 4.39. The quantitative estimate of drug-likeness (QED) is 0.732. The van der Waals surface area contributed by atoms with E-state index >= 15 is 0 Å². The van der Waals surface area contributed by atoms with Crippen LogP contribution in [0.5, 0.6) is 0 Å². The average molecular weight is 215 g/mol. The minimum atomic E-state index is -0.448. The van der Waals surface area contributed by atoms with Crippen molar-refractivity contribution in [2.24, 2.45) is 5.92 Å². The molecular formula is C11H21NO3. The zero-order valence-electron chi connectivity index (χ0n) is 10.2. The number of nitrogens with one attached hydrogen (secondary N) is 1. The Kier molecular flexibility index (Phi) is 3.60. The van der Waals surface area contributed by atoms with Crippen LogP contribution in [-0.2, 0) is 9.47 Å². The fraction of sp³-hybridized carbons (Fsp3) is 0.909. The highest BCUT2D eigenvalue weighted by atomic mass is 16.6. The number of alkyl carbamates (subject to hydrolysis) is 1. The molecule has 1 aliphatic rings. The van der Waals surface area contributed by atoms with E-state index in [0.29, 0.717) is 5.92 Å². The van der Waals surface area contributed by atoms with Gasteiger partial charge in [-0.2, -0.15) is 0 Å². The van der Waals surface area contributed by atoms with Crippen molar-refractivity contribution in [2.45, 2.75) is 52.4 Å². The molecule has 0 aromatic rings. The van der Waals surface area contributed by atoms with Crippen molar-refractivity contribution in [2.75, 3.05) is 6.61 Å². The van der Waals surface area contributed by atoms with E-state index < -0.39 is 5.60 Å². The lowest BCUT2D eigenvalue weighted by molar-refractivity contribution is 0.0478. The van der Waals surface area contributed by atoms with Crippen LogP contribution < -0.4 is 5.32 Å². The van der Waals surface area contributed by atoms with Gasteiger partial charge in [-0.15, -0.1) is 0 Å². The van der Waals surface area contributed by atoms with Gasteiger partial charge >= 0.3 is 6.09 Å². The summed E-state index contributed by atoms with van der Waals surface area (Å²) in [5, 5.41) is 2.85. The zero-order chi connectivity index (χ0) is 11.6. The molecule has 0 radical (unpaired) electrons. The van der Waals surface area contributed by atoms with Crippen LogP contribution in [-0.4, -0.2) is 30.4 Å². The maximum Gasteiger partial charge on any atom is 0.407 e. The highest BCUT2D eigenvalue weighted by molar-refractivity contribution is 5.68. The van der Waals surface area contributed by atoms with Crippen molar-refractivity contribution in [3.8, 4) is 0 Å². The van der Waals surface area contributed by atoms with Crippen LogP contribution in [0.1, 0.15) is 34.6 Å². The molecule has 1 N–H and O–H groups in total. The Labute approximate surface area is 91.3 Å². The number of hydrogen-bond acceptors (Lipinski definition) is 3. The number of amides is 1. The van der Waals surface area contributed by atoms with Crippen molar-refractivity contribution in [3.05, 3.63) is 0 Å². The Morgan fingerprint density at radius 1 is 1.47 bits per heavy atom. The lowest BCUT2D eigenvalue weighted by Crippen LogP contribution is -2.44. The molecule has 1 heterocycles. The van der Waals surface area contributed by atoms with Crippen LogP contribution in [0.25, 0.3) is 0 Å². The molecule has 0 spiro atoms. The molecule has 1 saturated heterocycles. The van der Waals surface area contributed by atoms with Gasteiger partial charge in [-0.1, -0.05) is 13.8 Å². The molecule has 2 atom stereocenters. The first kappa shape index (κ1) is 12.3. The normalized spacial score (nSPS) is 22.4. The third kappa shape index (κ3) is 4.51. The molecule has 0 aromatic heterocycles. The maximum absolute atomic E-state index is 11.5. The van der Waals surface area contributed by atoms with E-state index in [-0.39, 0.29) is 18.2 Å². The molecule has 1 aliphatic heterocycles. The SMILES string of the molecule is CC(C)C(NC(=O)OC(C)(C)C)[C@@H]1CO1. The topological polar surface area (TPSA) is 50.9 Å². The fourth-order valence-electron chi connectivity index (χ4n) is 1.40. The molecule has 0 bridgehead atoms. The number of rotatable bonds is 3. The van der Waals surface area contributed by atoms with Gasteiger partial charge in [0.1, 0.15) is 11.7 Å². The Balaban J connectivity index is 2.41. The summed E-state index contributed by atoms with van der Waals surface area (Å²) in [5.74, 6) is 0.352. The van der Waals surface area contributed by atoms with E-state index in [9.17, 15) is 4.79 Å². The van der Waals surface area contributed by atoms with Gasteiger partial charge in [-0.05, 0) is 26.7 Å². The van der Waals surface area contributed by atoms with Crippen molar-refractivity contribution in [1.82, 2.24) is 5.32 Å². The largest absolute Gasteiger partial charge is 0.444 e. The van der Waals surface area contributed by atoms with Crippen LogP contribution in [0.2, 0.25) is 0 Å². The predicted molar refractivity (Wildman–Crippen MR) is 57.7 cm³/mol. The van der Waals surface area contributed by atoms with Gasteiger partial charge < -0.3 is 14.8 Å². The Morgan fingerprint density at radius 2 is 2.00 bits per heavy atom. The molecule has 1 amide bonds. The van der Waals surface area contributed by atoms with Crippen LogP contribution in [0.3, 0.4) is 0 Å². The molecule has 0 aliphatic carbocycles. The maximum atomic E-state index is 11.5. The summed E-state index contributed by atoms with van der Waals surface area (Å²) in [6, 6.07) is 0.0554. The van der Waals surface area contributed by atoms with Crippen LogP contribution in [0.15, 0.2) is 0 Å². The van der Waals surface area contributed by atoms with Gasteiger partial charge in [0.05, 0.1) is 12.6 Å². The van der Waals surface area contributed by atoms with Gasteiger partial charge in [0.25, 0.3) is 0 Å². The molecule has 4 nitrogen and oxygen atoms in total. The first-order valence-corrected chi connectivity index (χ1v) is 5.41. The third-order valence-electron chi connectivity index (χ3n) is 2.16. The Morgan fingerprint density at radius 3 is 2.33 bits per heavy atom. The van der Waals surface area contributed by atoms with E-state index in [1.165, 1.54) is 0 Å². The molecule has 1 unspecified atom stereocenters. The summed E-state index contributed by atoms with van der Waals surface area (Å²) in [6.07, 6.45) is -0.200. The van der Waals surface area contributed by atoms with Crippen LogP contribution in [0, 0.1) is 5.92 Å². The monoisotopic (exact) mass is 215 g/mol. The van der Waals surface area contributed by atoms with E-state index in [4.69, 9.17) is 9.47 Å². The summed E-state index contributed by atoms with van der Waals surface area (Å²) < 4.78 is 10.4. The number of carbonyl (C=O) groups is 1. The van der Waals surface area contributed by atoms with Crippen LogP contribution >= 0.6 is 0 Å². The molecule has 88 valence electrons. The first-order valence-electron chi connectivity index (χ1n) is 5.41. The second-order valence-electron chi connectivity index (χ2n) is 5.29. The predicted octanol–water partition coefficient (Wildman–Crippen LogP) is 1.93. The molecule has 1 rings (SSSR count). The molecule has 1 fully saturated rings. The third-order valence-corrected chi connectivity index (χ3v) is 2.16. The van der Waals surface area contributed by atoms with Crippen molar-refractivity contribution < 1.29 is 14.3 Å². The van der Waals surface area contributed by atoms with Gasteiger partial charge in [0.2, 0.25) is 0 Å². The lowest BCUT2D eigenvalue weighted by Gasteiger charge is -2.24. The summed E-state index contributed by atoms with van der Waals surface area (Å²) in [7, 11) is 0. The minimum Gasteiger partial charge on any atom is -0.444 e. The van der Waals surface area contributed by atoms with Crippen molar-refractivity contribution >= 4 is 6.09 Å². The second-order valence-corrected chi connectivity index (χ2v) is 5.29. The van der Waals surface area contributed by atoms with Gasteiger partial charge in [-0.25, -0.2) is 4.79 Å². The number of hydrogen-bond donors (Lipinski definition) is 1. The Hall–Kier alpha value is -0.770. The van der Waals surface area contributed by atoms with Gasteiger partial charge in [0.15, 0.2) is 0 Å². The number of carbonyl (C=O) groups excluding carboxylic acids is 1. The highest BCUT2D eigenvalue weighted by Gasteiger charge is 2.36. The first-order chi connectivity index (χ1) is 6.79. The molecule has 4 heteroatoms. The van der Waals surface area contributed by atoms with E-state index in [0.717, 1.165) is 6.61 Å². The molecule has 0 aromatic carbocycles. The van der Waals surface area contributed by atoms with Gasteiger partial charge in [-0.3, -0.25) is 0 Å². The molecule has 0 saturated carbocycles. The minimum absolute atomic E-state index is 0.0554. The summed E-state index contributed by atoms with van der Waals surface area (Å²) in [4.78, 5) is 11.5.